The first-order chi connectivity index (χ1) is 17.5. The van der Waals surface area contributed by atoms with Gasteiger partial charge in [0.1, 0.15) is 18.0 Å². The number of rotatable bonds is 11. The highest BCUT2D eigenvalue weighted by molar-refractivity contribution is 5.88. The minimum absolute atomic E-state index is 0.0292. The third-order valence-corrected chi connectivity index (χ3v) is 7.72. The number of hydrogen-bond donors (Lipinski definition) is 0. The van der Waals surface area contributed by atoms with Crippen LogP contribution in [-0.2, 0) is 28.9 Å². The number of ether oxygens (including phenoxy) is 2. The summed E-state index contributed by atoms with van der Waals surface area (Å²) < 4.78 is 14.4. The lowest BCUT2D eigenvalue weighted by Crippen LogP contribution is -2.27. The van der Waals surface area contributed by atoms with Crippen molar-refractivity contribution in [1.29, 1.82) is 0 Å². The van der Waals surface area contributed by atoms with E-state index < -0.39 is 0 Å². The van der Waals surface area contributed by atoms with Crippen LogP contribution in [0.25, 0.3) is 22.2 Å². The topological polar surface area (TPSA) is 40.5 Å². The fraction of sp³-hybridized carbons (Fsp3) is 0.469. The lowest BCUT2D eigenvalue weighted by Gasteiger charge is -2.22. The maximum absolute atomic E-state index is 11.7. The summed E-state index contributed by atoms with van der Waals surface area (Å²) in [6.07, 6.45) is 8.82. The van der Waals surface area contributed by atoms with Crippen LogP contribution >= 0.6 is 0 Å². The summed E-state index contributed by atoms with van der Waals surface area (Å²) in [5.41, 5.74) is 6.65. The molecule has 0 N–H and O–H groups in total. The van der Waals surface area contributed by atoms with Gasteiger partial charge in [0.15, 0.2) is 0 Å². The molecule has 1 aliphatic rings. The zero-order valence-corrected chi connectivity index (χ0v) is 22.4. The van der Waals surface area contributed by atoms with E-state index in [1.54, 1.807) is 0 Å². The minimum atomic E-state index is -0.359. The molecule has 0 saturated heterocycles. The monoisotopic (exact) mass is 487 g/mol. The van der Waals surface area contributed by atoms with Crippen molar-refractivity contribution < 1.29 is 14.3 Å². The first kappa shape index (κ1) is 26.1. The van der Waals surface area contributed by atoms with Crippen LogP contribution in [0.3, 0.4) is 0 Å². The zero-order chi connectivity index (χ0) is 25.7. The fourth-order valence-corrected chi connectivity index (χ4v) is 5.59. The molecule has 1 aromatic heterocycles. The lowest BCUT2D eigenvalue weighted by molar-refractivity contribution is -0.144. The number of unbranched alkanes of at least 4 members (excludes halogenated alkanes) is 2. The molecule has 0 amide bonds. The van der Waals surface area contributed by atoms with Crippen molar-refractivity contribution in [3.8, 4) is 17.0 Å². The highest BCUT2D eigenvalue weighted by Gasteiger charge is 2.36. The molecule has 0 spiro atoms. The Kier molecular flexibility index (Phi) is 8.56. The number of aryl methyl sites for hydroxylation is 3. The molecule has 3 atom stereocenters. The quantitative estimate of drug-likeness (QED) is 0.157. The van der Waals surface area contributed by atoms with E-state index in [0.29, 0.717) is 0 Å². The van der Waals surface area contributed by atoms with Crippen LogP contribution in [0.15, 0.2) is 55.1 Å². The Balaban J connectivity index is 1.58. The third kappa shape index (κ3) is 5.53. The van der Waals surface area contributed by atoms with Crippen LogP contribution in [0.2, 0.25) is 0 Å². The molecule has 4 heteroatoms. The highest BCUT2D eigenvalue weighted by Crippen LogP contribution is 2.36. The summed E-state index contributed by atoms with van der Waals surface area (Å²) >= 11 is 0. The number of esters is 1. The van der Waals surface area contributed by atoms with Crippen LogP contribution in [0.1, 0.15) is 70.9 Å². The van der Waals surface area contributed by atoms with E-state index in [9.17, 15) is 4.79 Å². The van der Waals surface area contributed by atoms with Gasteiger partial charge in [-0.3, -0.25) is 0 Å². The van der Waals surface area contributed by atoms with E-state index in [0.717, 1.165) is 38.0 Å². The largest absolute Gasteiger partial charge is 0.490 e. The maximum atomic E-state index is 11.7. The van der Waals surface area contributed by atoms with Gasteiger partial charge in [-0.25, -0.2) is 4.79 Å². The fourth-order valence-electron chi connectivity index (χ4n) is 5.59. The Morgan fingerprint density at radius 1 is 1.06 bits per heavy atom. The molecular formula is C32H41NO3. The first-order valence-corrected chi connectivity index (χ1v) is 13.7. The second-order valence-corrected chi connectivity index (χ2v) is 10.1. The Bertz CT molecular complexity index is 1210. The standard InChI is InChI=1S/C32H41NO3/c1-6-10-11-12-23-13-16-27(24(7-2)19-23)29-20-25-14-15-26(21-28(25)33(29)9-4)35-30-17-18-31(22(30)5)36-32(34)8-3/h8,13-16,19-22,30-31H,3,6-7,9-12,17-18H2,1-2,4-5H3. The third-order valence-electron chi connectivity index (χ3n) is 7.72. The van der Waals surface area contributed by atoms with Crippen molar-refractivity contribution >= 4 is 16.9 Å². The van der Waals surface area contributed by atoms with Crippen molar-refractivity contribution in [3.63, 3.8) is 0 Å². The van der Waals surface area contributed by atoms with Gasteiger partial charge in [0, 0.05) is 41.2 Å². The molecule has 0 bridgehead atoms. The predicted molar refractivity (Wildman–Crippen MR) is 149 cm³/mol. The van der Waals surface area contributed by atoms with E-state index >= 15 is 0 Å². The molecule has 1 saturated carbocycles. The molecular weight excluding hydrogens is 446 g/mol. The molecule has 2 aromatic carbocycles. The molecule has 1 fully saturated rings. The molecule has 3 aromatic rings. The summed E-state index contributed by atoms with van der Waals surface area (Å²) in [6.45, 7) is 13.2. The molecule has 1 aliphatic carbocycles. The van der Waals surface area contributed by atoms with Crippen molar-refractivity contribution in [3.05, 3.63) is 66.2 Å². The summed E-state index contributed by atoms with van der Waals surface area (Å²) in [7, 11) is 0. The summed E-state index contributed by atoms with van der Waals surface area (Å²) in [4.78, 5) is 11.7. The van der Waals surface area contributed by atoms with Crippen LogP contribution in [0, 0.1) is 5.92 Å². The van der Waals surface area contributed by atoms with Crippen molar-refractivity contribution in [2.75, 3.05) is 0 Å². The van der Waals surface area contributed by atoms with Gasteiger partial charge in [0.2, 0.25) is 0 Å². The SMILES string of the molecule is C=CC(=O)OC1CCC(Oc2ccc3cc(-c4ccc(CCCCC)cc4CC)n(CC)c3c2)C1C. The van der Waals surface area contributed by atoms with Gasteiger partial charge in [0.05, 0.1) is 5.52 Å². The van der Waals surface area contributed by atoms with E-state index in [2.05, 4.69) is 81.3 Å². The molecule has 36 heavy (non-hydrogen) atoms. The van der Waals surface area contributed by atoms with Gasteiger partial charge < -0.3 is 14.0 Å². The second kappa shape index (κ2) is 11.8. The number of carbonyl (C=O) groups excluding carboxylic acids is 1. The van der Waals surface area contributed by atoms with E-state index in [1.807, 2.05) is 0 Å². The second-order valence-electron chi connectivity index (χ2n) is 10.1. The molecule has 3 unspecified atom stereocenters. The Morgan fingerprint density at radius 2 is 1.86 bits per heavy atom. The smallest absolute Gasteiger partial charge is 0.330 e. The lowest BCUT2D eigenvalue weighted by atomic mass is 9.97. The number of carbonyl (C=O) groups is 1. The summed E-state index contributed by atoms with van der Waals surface area (Å²) in [6, 6.07) is 15.8. The molecule has 4 nitrogen and oxygen atoms in total. The Morgan fingerprint density at radius 3 is 2.58 bits per heavy atom. The number of nitrogens with zero attached hydrogens (tertiary/aromatic N) is 1. The Labute approximate surface area is 216 Å². The molecule has 4 rings (SSSR count). The van der Waals surface area contributed by atoms with Gasteiger partial charge in [-0.05, 0) is 68.4 Å². The van der Waals surface area contributed by atoms with E-state index in [1.165, 1.54) is 58.6 Å². The zero-order valence-electron chi connectivity index (χ0n) is 22.4. The number of benzene rings is 2. The molecule has 192 valence electrons. The van der Waals surface area contributed by atoms with Gasteiger partial charge >= 0.3 is 5.97 Å². The van der Waals surface area contributed by atoms with Crippen molar-refractivity contribution in [1.82, 2.24) is 4.57 Å². The summed E-state index contributed by atoms with van der Waals surface area (Å²) in [5, 5.41) is 1.23. The number of aromatic nitrogens is 1. The van der Waals surface area contributed by atoms with Crippen molar-refractivity contribution in [2.24, 2.45) is 5.92 Å². The average molecular weight is 488 g/mol. The molecule has 1 heterocycles. The minimum Gasteiger partial charge on any atom is -0.490 e. The normalized spacial score (nSPS) is 19.5. The predicted octanol–water partition coefficient (Wildman–Crippen LogP) is 7.90. The van der Waals surface area contributed by atoms with Crippen LogP contribution < -0.4 is 4.74 Å². The Hall–Kier alpha value is -3.01. The van der Waals surface area contributed by atoms with Gasteiger partial charge in [-0.15, -0.1) is 0 Å². The van der Waals surface area contributed by atoms with Crippen LogP contribution in [0.5, 0.6) is 5.75 Å². The van der Waals surface area contributed by atoms with Crippen LogP contribution in [0.4, 0.5) is 0 Å². The van der Waals surface area contributed by atoms with Gasteiger partial charge in [0.25, 0.3) is 0 Å². The average Bonchev–Trinajstić information content (AvgIpc) is 3.43. The van der Waals surface area contributed by atoms with Crippen LogP contribution in [-0.4, -0.2) is 22.7 Å². The number of fused-ring (bicyclic) bond motifs is 1. The highest BCUT2D eigenvalue weighted by atomic mass is 16.5. The maximum Gasteiger partial charge on any atom is 0.330 e. The van der Waals surface area contributed by atoms with Crippen molar-refractivity contribution in [2.45, 2.75) is 91.4 Å². The molecule has 0 aliphatic heterocycles. The summed E-state index contributed by atoms with van der Waals surface area (Å²) in [5.74, 6) is 0.653. The van der Waals surface area contributed by atoms with E-state index in [4.69, 9.17) is 9.47 Å². The van der Waals surface area contributed by atoms with Gasteiger partial charge in [-0.2, -0.15) is 0 Å². The van der Waals surface area contributed by atoms with E-state index in [-0.39, 0.29) is 24.1 Å². The molecule has 0 radical (unpaired) electrons. The number of hydrogen-bond acceptors (Lipinski definition) is 3. The van der Waals surface area contributed by atoms with Gasteiger partial charge in [-0.1, -0.05) is 58.4 Å². The first-order valence-electron chi connectivity index (χ1n) is 13.7.